The summed E-state index contributed by atoms with van der Waals surface area (Å²) in [5.74, 6) is -3.29. The summed E-state index contributed by atoms with van der Waals surface area (Å²) in [7, 11) is 0. The molecule has 0 aliphatic carbocycles. The van der Waals surface area contributed by atoms with Gasteiger partial charge in [0.25, 0.3) is 0 Å². The van der Waals surface area contributed by atoms with Crippen LogP contribution in [0.1, 0.15) is 64.9 Å². The Labute approximate surface area is 217 Å². The molecule has 13 heteroatoms. The highest BCUT2D eigenvalue weighted by Gasteiger charge is 2.31. The lowest BCUT2D eigenvalue weighted by atomic mass is 10.1. The second-order valence-corrected chi connectivity index (χ2v) is 8.83. The van der Waals surface area contributed by atoms with Gasteiger partial charge in [0.1, 0.15) is 12.2 Å². The lowest BCUT2D eigenvalue weighted by Crippen LogP contribution is -2.20. The number of benzene rings is 2. The van der Waals surface area contributed by atoms with Gasteiger partial charge in [-0.1, -0.05) is 52.0 Å². The van der Waals surface area contributed by atoms with Crippen molar-refractivity contribution in [3.63, 3.8) is 0 Å². The van der Waals surface area contributed by atoms with Crippen LogP contribution in [-0.2, 0) is 19.1 Å². The summed E-state index contributed by atoms with van der Waals surface area (Å²) >= 11 is 0. The molecule has 2 aromatic carbocycles. The number of carbonyl (C=O) groups excluding carboxylic acids is 3. The van der Waals surface area contributed by atoms with Crippen molar-refractivity contribution in [3.8, 4) is 11.5 Å². The zero-order valence-corrected chi connectivity index (χ0v) is 21.7. The summed E-state index contributed by atoms with van der Waals surface area (Å²) in [4.78, 5) is 58.6. The molecule has 0 fully saturated rings. The van der Waals surface area contributed by atoms with Gasteiger partial charge in [0.05, 0.1) is 21.7 Å². The van der Waals surface area contributed by atoms with Crippen LogP contribution < -0.4 is 9.47 Å². The average molecular weight is 533 g/mol. The van der Waals surface area contributed by atoms with Crippen molar-refractivity contribution in [3.05, 3.63) is 67.8 Å². The number of hydrogen-bond acceptors (Lipinski definition) is 11. The minimum atomic E-state index is -1.54. The number of para-hydroxylation sites is 2. The molecule has 2 aromatic rings. The molecule has 2 rings (SSSR count). The van der Waals surface area contributed by atoms with Crippen molar-refractivity contribution in [2.24, 2.45) is 11.8 Å². The molecule has 0 saturated heterocycles. The van der Waals surface area contributed by atoms with Gasteiger partial charge in [-0.3, -0.25) is 29.8 Å². The third kappa shape index (κ3) is 7.24. The Morgan fingerprint density at radius 3 is 1.29 bits per heavy atom. The number of carbonyl (C=O) groups is 3. The first-order valence-corrected chi connectivity index (χ1v) is 11.6. The Kier molecular flexibility index (Phi) is 9.85. The Bertz CT molecular complexity index is 1150. The first kappa shape index (κ1) is 29.7. The van der Waals surface area contributed by atoms with Gasteiger partial charge in [-0.05, 0) is 13.8 Å². The molecule has 0 heterocycles. The summed E-state index contributed by atoms with van der Waals surface area (Å²) < 4.78 is 20.9. The van der Waals surface area contributed by atoms with E-state index in [-0.39, 0.29) is 11.1 Å². The van der Waals surface area contributed by atoms with Crippen LogP contribution in [0.15, 0.2) is 36.4 Å². The van der Waals surface area contributed by atoms with Crippen LogP contribution in [0.25, 0.3) is 0 Å². The number of hydrogen-bond donors (Lipinski definition) is 0. The minimum Gasteiger partial charge on any atom is -0.457 e. The number of nitro groups is 2. The lowest BCUT2D eigenvalue weighted by molar-refractivity contribution is -0.386. The van der Waals surface area contributed by atoms with Gasteiger partial charge < -0.3 is 18.9 Å². The first-order chi connectivity index (χ1) is 17.7. The summed E-state index contributed by atoms with van der Waals surface area (Å²) in [6.07, 6.45) is -3.64. The lowest BCUT2D eigenvalue weighted by Gasteiger charge is -2.19. The van der Waals surface area contributed by atoms with E-state index in [0.717, 1.165) is 12.1 Å². The summed E-state index contributed by atoms with van der Waals surface area (Å²) in [5, 5.41) is 23.3. The highest BCUT2D eigenvalue weighted by Crippen LogP contribution is 2.39. The first-order valence-electron chi connectivity index (χ1n) is 11.6. The number of rotatable bonds is 10. The van der Waals surface area contributed by atoms with Gasteiger partial charge in [-0.15, -0.1) is 0 Å². The molecule has 2 unspecified atom stereocenters. The van der Waals surface area contributed by atoms with Gasteiger partial charge in [0.2, 0.25) is 11.5 Å². The van der Waals surface area contributed by atoms with Crippen LogP contribution >= 0.6 is 0 Å². The van der Waals surface area contributed by atoms with E-state index in [0.29, 0.717) is 0 Å². The largest absolute Gasteiger partial charge is 0.519 e. The molecule has 0 N–H and O–H groups in total. The predicted molar refractivity (Wildman–Crippen MR) is 132 cm³/mol. The van der Waals surface area contributed by atoms with Crippen LogP contribution in [0, 0.1) is 32.1 Å². The molecular weight excluding hydrogens is 504 g/mol. The van der Waals surface area contributed by atoms with Crippen LogP contribution in [0.4, 0.5) is 16.2 Å². The van der Waals surface area contributed by atoms with Crippen molar-refractivity contribution in [1.82, 2.24) is 0 Å². The second-order valence-electron chi connectivity index (χ2n) is 8.83. The van der Waals surface area contributed by atoms with Crippen molar-refractivity contribution in [2.45, 2.75) is 53.8 Å². The van der Waals surface area contributed by atoms with Gasteiger partial charge in [-0.2, -0.15) is 0 Å². The van der Waals surface area contributed by atoms with E-state index in [1.165, 1.54) is 38.1 Å². The van der Waals surface area contributed by atoms with Gasteiger partial charge in [-0.25, -0.2) is 4.79 Å². The van der Waals surface area contributed by atoms with Crippen molar-refractivity contribution in [1.29, 1.82) is 0 Å². The van der Waals surface area contributed by atoms with Crippen LogP contribution in [0.3, 0.4) is 0 Å². The maximum Gasteiger partial charge on any atom is 0.519 e. The molecule has 0 radical (unpaired) electrons. The van der Waals surface area contributed by atoms with Crippen LogP contribution in [0.2, 0.25) is 0 Å². The van der Waals surface area contributed by atoms with E-state index in [2.05, 4.69) is 0 Å². The molecular formula is C25H28N2O11. The molecule has 0 bridgehead atoms. The molecule has 0 aromatic heterocycles. The average Bonchev–Trinajstić information content (AvgIpc) is 2.83. The zero-order chi connectivity index (χ0) is 28.7. The predicted octanol–water partition coefficient (Wildman–Crippen LogP) is 5.60. The second kappa shape index (κ2) is 12.6. The van der Waals surface area contributed by atoms with E-state index >= 15 is 0 Å². The van der Waals surface area contributed by atoms with Crippen LogP contribution in [0.5, 0.6) is 11.5 Å². The maximum absolute atomic E-state index is 12.8. The van der Waals surface area contributed by atoms with Crippen LogP contribution in [-0.4, -0.2) is 27.9 Å². The molecule has 0 spiro atoms. The Hall–Kier alpha value is -4.55. The maximum atomic E-state index is 12.8. The number of nitrogens with zero attached hydrogens (tertiary/aromatic N) is 2. The quantitative estimate of drug-likeness (QED) is 0.161. The number of ether oxygens (including phenoxy) is 4. The topological polar surface area (TPSA) is 174 Å². The third-order valence-corrected chi connectivity index (χ3v) is 5.22. The minimum absolute atomic E-state index is 0.00725. The van der Waals surface area contributed by atoms with Crippen molar-refractivity contribution >= 4 is 29.5 Å². The fraction of sp³-hybridized carbons (Fsp3) is 0.400. The standard InChI is InChI=1S/C25H28N2O11/c1-13(2)23(28)35-15(5)17-9-7-11-19(26(31)32)21(17)37-25(30)38-22-18(10-8-12-20(22)27(33)34)16(6)36-24(29)14(3)4/h7-16H,1-6H3. The van der Waals surface area contributed by atoms with Gasteiger partial charge >= 0.3 is 29.5 Å². The number of esters is 2. The highest BCUT2D eigenvalue weighted by molar-refractivity contribution is 5.75. The molecule has 2 atom stereocenters. The van der Waals surface area contributed by atoms with Crippen molar-refractivity contribution in [2.75, 3.05) is 0 Å². The monoisotopic (exact) mass is 532 g/mol. The molecule has 204 valence electrons. The molecule has 0 amide bonds. The van der Waals surface area contributed by atoms with E-state index in [9.17, 15) is 34.6 Å². The van der Waals surface area contributed by atoms with Gasteiger partial charge in [0, 0.05) is 23.3 Å². The molecule has 13 nitrogen and oxygen atoms in total. The van der Waals surface area contributed by atoms with E-state index in [1.807, 2.05) is 0 Å². The third-order valence-electron chi connectivity index (χ3n) is 5.22. The zero-order valence-electron chi connectivity index (χ0n) is 21.7. The highest BCUT2D eigenvalue weighted by atomic mass is 16.7. The van der Waals surface area contributed by atoms with Crippen molar-refractivity contribution < 1.29 is 43.2 Å². The summed E-state index contributed by atoms with van der Waals surface area (Å²) in [5.41, 5.74) is -1.28. The van der Waals surface area contributed by atoms with E-state index in [1.54, 1.807) is 27.7 Å². The Morgan fingerprint density at radius 1 is 0.658 bits per heavy atom. The SMILES string of the molecule is CC(C)C(=O)OC(C)c1cccc([N+](=O)[O-])c1OC(=O)Oc1c(C(C)OC(=O)C(C)C)cccc1[N+](=O)[O-]. The van der Waals surface area contributed by atoms with Gasteiger partial charge in [0.15, 0.2) is 0 Å². The van der Waals surface area contributed by atoms with E-state index in [4.69, 9.17) is 18.9 Å². The fourth-order valence-corrected chi connectivity index (χ4v) is 3.17. The normalized spacial score (nSPS) is 12.4. The summed E-state index contributed by atoms with van der Waals surface area (Å²) in [6, 6.07) is 7.47. The summed E-state index contributed by atoms with van der Waals surface area (Å²) in [6.45, 7) is 9.26. The number of nitro benzene ring substituents is 2. The smallest absolute Gasteiger partial charge is 0.457 e. The Morgan fingerprint density at radius 2 is 1.00 bits per heavy atom. The molecule has 38 heavy (non-hydrogen) atoms. The van der Waals surface area contributed by atoms with E-state index < -0.39 is 74.9 Å². The fourth-order valence-electron chi connectivity index (χ4n) is 3.17. The molecule has 0 saturated carbocycles. The molecule has 0 aliphatic heterocycles. The molecule has 0 aliphatic rings. The Balaban J connectivity index is 2.47.